The van der Waals surface area contributed by atoms with Gasteiger partial charge < -0.3 is 20.1 Å². The number of fused-ring (bicyclic) bond motifs is 1. The number of hydrogen-bond donors (Lipinski definition) is 2. The van der Waals surface area contributed by atoms with E-state index in [9.17, 15) is 5.26 Å². The van der Waals surface area contributed by atoms with Crippen molar-refractivity contribution < 1.29 is 0 Å². The number of anilines is 2. The molecule has 2 saturated heterocycles. The first-order valence-corrected chi connectivity index (χ1v) is 15.4. The highest BCUT2D eigenvalue weighted by Crippen LogP contribution is 2.31. The molecule has 2 fully saturated rings. The minimum absolute atomic E-state index is 0.513. The monoisotopic (exact) mass is 551 g/mol. The van der Waals surface area contributed by atoms with Gasteiger partial charge in [-0.3, -0.25) is 4.98 Å². The standard InChI is InChI=1S/C32H37N7S/c1-23-28-9-13-35-30(28)8-7-29(23)37-32-24(20-34-21-25(32)19-33)5-6-26-22-40-31(36-26)12-18-38-16-10-27(11-17-38)39-14-3-2-4-15-39/h5-9,13,20-22,27,35H,2-4,10-12,14-18H2,1H3,(H,34,37)/b6-5+. The van der Waals surface area contributed by atoms with E-state index in [1.807, 2.05) is 24.4 Å². The summed E-state index contributed by atoms with van der Waals surface area (Å²) in [5.74, 6) is 0. The summed E-state index contributed by atoms with van der Waals surface area (Å²) in [7, 11) is 0. The van der Waals surface area contributed by atoms with E-state index in [4.69, 9.17) is 4.98 Å². The lowest BCUT2D eigenvalue weighted by atomic mass is 10.00. The van der Waals surface area contributed by atoms with Crippen LogP contribution < -0.4 is 5.32 Å². The van der Waals surface area contributed by atoms with Crippen molar-refractivity contribution in [2.45, 2.75) is 51.5 Å². The fourth-order valence-electron chi connectivity index (χ4n) is 6.12. The van der Waals surface area contributed by atoms with Crippen molar-refractivity contribution in [3.8, 4) is 6.07 Å². The first kappa shape index (κ1) is 26.7. The van der Waals surface area contributed by atoms with Gasteiger partial charge in [0.05, 0.1) is 22.0 Å². The zero-order valence-corrected chi connectivity index (χ0v) is 24.0. The summed E-state index contributed by atoms with van der Waals surface area (Å²) in [6, 6.07) is 9.27. The largest absolute Gasteiger partial charge is 0.361 e. The van der Waals surface area contributed by atoms with Crippen molar-refractivity contribution in [1.29, 1.82) is 5.26 Å². The number of thiazole rings is 1. The lowest BCUT2D eigenvalue weighted by Gasteiger charge is -2.40. The number of aromatic amines is 1. The first-order chi connectivity index (χ1) is 19.7. The summed E-state index contributed by atoms with van der Waals surface area (Å²) < 4.78 is 0. The van der Waals surface area contributed by atoms with E-state index >= 15 is 0 Å². The molecule has 40 heavy (non-hydrogen) atoms. The normalized spacial score (nSPS) is 17.5. The molecule has 3 aromatic heterocycles. The Kier molecular flexibility index (Phi) is 8.24. The lowest BCUT2D eigenvalue weighted by molar-refractivity contribution is 0.0931. The molecule has 5 heterocycles. The summed E-state index contributed by atoms with van der Waals surface area (Å²) in [5.41, 5.74) is 6.28. The van der Waals surface area contributed by atoms with E-state index in [2.05, 4.69) is 55.6 Å². The highest BCUT2D eigenvalue weighted by molar-refractivity contribution is 7.09. The van der Waals surface area contributed by atoms with Crippen LogP contribution in [0.25, 0.3) is 23.1 Å². The molecule has 0 amide bonds. The Morgan fingerprint density at radius 3 is 2.77 bits per heavy atom. The number of benzene rings is 1. The Hall–Kier alpha value is -3.51. The number of H-pyrrole nitrogens is 1. The van der Waals surface area contributed by atoms with E-state index in [1.54, 1.807) is 23.7 Å². The van der Waals surface area contributed by atoms with E-state index in [0.717, 1.165) is 58.1 Å². The maximum Gasteiger partial charge on any atom is 0.103 e. The van der Waals surface area contributed by atoms with Crippen LogP contribution in [0.4, 0.5) is 11.4 Å². The van der Waals surface area contributed by atoms with Crippen molar-refractivity contribution in [3.63, 3.8) is 0 Å². The molecule has 206 valence electrons. The molecule has 0 aliphatic carbocycles. The van der Waals surface area contributed by atoms with E-state index in [0.29, 0.717) is 5.56 Å². The van der Waals surface area contributed by atoms with Crippen LogP contribution in [-0.2, 0) is 6.42 Å². The van der Waals surface area contributed by atoms with Gasteiger partial charge in [-0.25, -0.2) is 4.98 Å². The molecule has 8 heteroatoms. The van der Waals surface area contributed by atoms with Crippen molar-refractivity contribution in [2.24, 2.45) is 0 Å². The second kappa shape index (κ2) is 12.3. The van der Waals surface area contributed by atoms with Gasteiger partial charge in [0.25, 0.3) is 0 Å². The van der Waals surface area contributed by atoms with Crippen LogP contribution in [0.15, 0.2) is 42.2 Å². The Bertz CT molecular complexity index is 1510. The predicted octanol–water partition coefficient (Wildman–Crippen LogP) is 6.61. The molecule has 0 bridgehead atoms. The van der Waals surface area contributed by atoms with Crippen molar-refractivity contribution in [1.82, 2.24) is 24.8 Å². The van der Waals surface area contributed by atoms with Gasteiger partial charge >= 0.3 is 0 Å². The quantitative estimate of drug-likeness (QED) is 0.257. The average molecular weight is 552 g/mol. The minimum atomic E-state index is 0.513. The number of nitrogens with zero attached hydrogens (tertiary/aromatic N) is 5. The molecule has 0 saturated carbocycles. The summed E-state index contributed by atoms with van der Waals surface area (Å²) in [4.78, 5) is 17.8. The fraction of sp³-hybridized carbons (Fsp3) is 0.406. The van der Waals surface area contributed by atoms with Crippen LogP contribution in [0.1, 0.15) is 59.5 Å². The Balaban J connectivity index is 1.08. The number of aromatic nitrogens is 3. The maximum absolute atomic E-state index is 9.79. The van der Waals surface area contributed by atoms with Crippen LogP contribution in [0.2, 0.25) is 0 Å². The van der Waals surface area contributed by atoms with Gasteiger partial charge in [-0.2, -0.15) is 5.26 Å². The number of nitrogens with one attached hydrogen (secondary N) is 2. The van der Waals surface area contributed by atoms with Gasteiger partial charge in [0.15, 0.2) is 0 Å². The second-order valence-electron chi connectivity index (χ2n) is 11.0. The molecule has 2 N–H and O–H groups in total. The number of aryl methyl sites for hydroxylation is 1. The molecule has 0 spiro atoms. The number of piperidine rings is 2. The number of nitriles is 1. The Labute approximate surface area is 240 Å². The van der Waals surface area contributed by atoms with E-state index in [1.165, 1.54) is 63.3 Å². The van der Waals surface area contributed by atoms with Gasteiger partial charge in [0.1, 0.15) is 6.07 Å². The predicted molar refractivity (Wildman–Crippen MR) is 165 cm³/mol. The Morgan fingerprint density at radius 2 is 1.95 bits per heavy atom. The lowest BCUT2D eigenvalue weighted by Crippen LogP contribution is -2.47. The third-order valence-corrected chi connectivity index (χ3v) is 9.40. The molecule has 6 rings (SSSR count). The summed E-state index contributed by atoms with van der Waals surface area (Å²) in [5, 5.41) is 17.8. The summed E-state index contributed by atoms with van der Waals surface area (Å²) in [6.45, 7) is 8.18. The second-order valence-corrected chi connectivity index (χ2v) is 11.9. The smallest absolute Gasteiger partial charge is 0.103 e. The Morgan fingerprint density at radius 1 is 1.10 bits per heavy atom. The maximum atomic E-state index is 9.79. The molecule has 4 aromatic rings. The van der Waals surface area contributed by atoms with Crippen LogP contribution in [0.5, 0.6) is 0 Å². The molecule has 0 unspecified atom stereocenters. The summed E-state index contributed by atoms with van der Waals surface area (Å²) in [6.07, 6.45) is 17.1. The molecule has 2 aliphatic rings. The highest BCUT2D eigenvalue weighted by Gasteiger charge is 2.25. The molecule has 7 nitrogen and oxygen atoms in total. The molecular formula is C32H37N7S. The zero-order chi connectivity index (χ0) is 27.3. The molecule has 0 radical (unpaired) electrons. The van der Waals surface area contributed by atoms with Crippen molar-refractivity contribution in [3.05, 3.63) is 69.6 Å². The SMILES string of the molecule is Cc1c(Nc2c(C#N)cncc2/C=C/c2csc(CCN3CCC(N4CCCCC4)CC3)n2)ccc2[nH]ccc12. The summed E-state index contributed by atoms with van der Waals surface area (Å²) >= 11 is 1.73. The van der Waals surface area contributed by atoms with Gasteiger partial charge in [0, 0.05) is 65.1 Å². The highest BCUT2D eigenvalue weighted by atomic mass is 32.1. The number of hydrogen-bond acceptors (Lipinski definition) is 7. The number of pyridine rings is 1. The molecular weight excluding hydrogens is 514 g/mol. The average Bonchev–Trinajstić information content (AvgIpc) is 3.68. The van der Waals surface area contributed by atoms with Gasteiger partial charge in [-0.1, -0.05) is 6.42 Å². The van der Waals surface area contributed by atoms with Crippen LogP contribution >= 0.6 is 11.3 Å². The van der Waals surface area contributed by atoms with E-state index in [-0.39, 0.29) is 0 Å². The van der Waals surface area contributed by atoms with E-state index < -0.39 is 0 Å². The van der Waals surface area contributed by atoms with Gasteiger partial charge in [0.2, 0.25) is 0 Å². The van der Waals surface area contributed by atoms with Crippen LogP contribution in [0, 0.1) is 18.3 Å². The van der Waals surface area contributed by atoms with Gasteiger partial charge in [-0.05, 0) is 94.7 Å². The number of likely N-dealkylation sites (tertiary alicyclic amines) is 2. The molecule has 0 atom stereocenters. The van der Waals surface area contributed by atoms with Crippen LogP contribution in [0.3, 0.4) is 0 Å². The third kappa shape index (κ3) is 5.97. The first-order valence-electron chi connectivity index (χ1n) is 14.5. The number of rotatable bonds is 8. The zero-order valence-electron chi connectivity index (χ0n) is 23.2. The molecule has 1 aromatic carbocycles. The third-order valence-electron chi connectivity index (χ3n) is 8.47. The minimum Gasteiger partial charge on any atom is -0.361 e. The van der Waals surface area contributed by atoms with Crippen molar-refractivity contribution >= 4 is 45.8 Å². The fourth-order valence-corrected chi connectivity index (χ4v) is 6.87. The van der Waals surface area contributed by atoms with Crippen LogP contribution in [-0.4, -0.2) is 63.5 Å². The van der Waals surface area contributed by atoms with Gasteiger partial charge in [-0.15, -0.1) is 11.3 Å². The topological polar surface area (TPSA) is 83.9 Å². The van der Waals surface area contributed by atoms with Crippen molar-refractivity contribution in [2.75, 3.05) is 38.0 Å². The molecule has 2 aliphatic heterocycles.